The van der Waals surface area contributed by atoms with Crippen LogP contribution in [0.3, 0.4) is 0 Å². The molecule has 3 rings (SSSR count). The number of imide groups is 1. The van der Waals surface area contributed by atoms with Crippen molar-refractivity contribution in [1.82, 2.24) is 4.90 Å². The maximum absolute atomic E-state index is 12.3. The Balaban J connectivity index is 1.68. The first-order valence-corrected chi connectivity index (χ1v) is 10.2. The Morgan fingerprint density at radius 3 is 2.25 bits per heavy atom. The quantitative estimate of drug-likeness (QED) is 0.562. The molecule has 8 nitrogen and oxygen atoms in total. The zero-order valence-electron chi connectivity index (χ0n) is 15.0. The maximum atomic E-state index is 12.3. The number of phenolic OH excluding ortho intramolecular Hbond substituents is 1. The monoisotopic (exact) mass is 402 g/mol. The van der Waals surface area contributed by atoms with Crippen LogP contribution in [-0.4, -0.2) is 48.4 Å². The Morgan fingerprint density at radius 1 is 1.07 bits per heavy atom. The molecule has 0 aromatic heterocycles. The minimum absolute atomic E-state index is 0.0246. The topological polar surface area (TPSA) is 121 Å². The number of nitrogens with zero attached hydrogens (tertiary/aromatic N) is 1. The Labute approximate surface area is 161 Å². The van der Waals surface area contributed by atoms with Gasteiger partial charge in [-0.2, -0.15) is 0 Å². The summed E-state index contributed by atoms with van der Waals surface area (Å²) in [6.45, 7) is 1.36. The van der Waals surface area contributed by atoms with Crippen LogP contribution in [0.5, 0.6) is 5.75 Å². The van der Waals surface area contributed by atoms with Gasteiger partial charge in [-0.05, 0) is 30.3 Å². The summed E-state index contributed by atoms with van der Waals surface area (Å²) in [4.78, 5) is 37.8. The first-order chi connectivity index (χ1) is 13.2. The predicted octanol–water partition coefficient (Wildman–Crippen LogP) is 1.81. The maximum Gasteiger partial charge on any atom is 0.261 e. The molecule has 28 heavy (non-hydrogen) atoms. The third-order valence-electron chi connectivity index (χ3n) is 4.42. The Hall–Kier alpha value is -3.20. The van der Waals surface area contributed by atoms with Gasteiger partial charge < -0.3 is 10.4 Å². The molecule has 9 heteroatoms. The van der Waals surface area contributed by atoms with E-state index in [4.69, 9.17) is 0 Å². The van der Waals surface area contributed by atoms with Crippen LogP contribution in [0.2, 0.25) is 0 Å². The van der Waals surface area contributed by atoms with Crippen molar-refractivity contribution in [3.63, 3.8) is 0 Å². The van der Waals surface area contributed by atoms with Crippen LogP contribution in [0.1, 0.15) is 34.1 Å². The molecule has 2 N–H and O–H groups in total. The zero-order valence-corrected chi connectivity index (χ0v) is 15.8. The number of rotatable bonds is 6. The molecule has 1 aliphatic rings. The summed E-state index contributed by atoms with van der Waals surface area (Å²) in [5, 5.41) is 12.3. The van der Waals surface area contributed by atoms with E-state index >= 15 is 0 Å². The average Bonchev–Trinajstić information content (AvgIpc) is 2.92. The van der Waals surface area contributed by atoms with Crippen LogP contribution in [0.4, 0.5) is 5.69 Å². The van der Waals surface area contributed by atoms with Gasteiger partial charge in [-0.3, -0.25) is 19.3 Å². The van der Waals surface area contributed by atoms with E-state index in [1.54, 1.807) is 24.3 Å². The number of sulfone groups is 1. The number of fused-ring (bicyclic) bond motifs is 1. The van der Waals surface area contributed by atoms with Gasteiger partial charge >= 0.3 is 0 Å². The second kappa shape index (κ2) is 7.43. The van der Waals surface area contributed by atoms with Crippen molar-refractivity contribution in [2.24, 2.45) is 0 Å². The lowest BCUT2D eigenvalue weighted by molar-refractivity contribution is -0.116. The second-order valence-electron chi connectivity index (χ2n) is 6.19. The van der Waals surface area contributed by atoms with Crippen molar-refractivity contribution in [1.29, 1.82) is 0 Å². The largest absolute Gasteiger partial charge is 0.506 e. The molecule has 0 fully saturated rings. The first-order valence-electron chi connectivity index (χ1n) is 8.55. The Morgan fingerprint density at radius 2 is 1.68 bits per heavy atom. The van der Waals surface area contributed by atoms with Gasteiger partial charge in [0.1, 0.15) is 5.75 Å². The highest BCUT2D eigenvalue weighted by Gasteiger charge is 2.35. The van der Waals surface area contributed by atoms with E-state index in [1.165, 1.54) is 25.1 Å². The van der Waals surface area contributed by atoms with Crippen molar-refractivity contribution in [3.05, 3.63) is 53.6 Å². The van der Waals surface area contributed by atoms with Crippen molar-refractivity contribution < 1.29 is 27.9 Å². The van der Waals surface area contributed by atoms with Gasteiger partial charge in [0, 0.05) is 13.0 Å². The molecule has 0 atom stereocenters. The summed E-state index contributed by atoms with van der Waals surface area (Å²) in [5.74, 6) is -1.91. The zero-order chi connectivity index (χ0) is 20.5. The van der Waals surface area contributed by atoms with Gasteiger partial charge in [-0.15, -0.1) is 0 Å². The Bertz CT molecular complexity index is 1040. The number of amides is 3. The van der Waals surface area contributed by atoms with E-state index in [1.807, 2.05) is 0 Å². The van der Waals surface area contributed by atoms with Gasteiger partial charge in [0.25, 0.3) is 11.8 Å². The molecule has 3 amide bonds. The fraction of sp³-hybridized carbons (Fsp3) is 0.211. The molecule has 0 saturated carbocycles. The van der Waals surface area contributed by atoms with E-state index in [9.17, 15) is 27.9 Å². The van der Waals surface area contributed by atoms with Gasteiger partial charge in [-0.25, -0.2) is 8.42 Å². The molecule has 0 aliphatic carbocycles. The first kappa shape index (κ1) is 19.6. The van der Waals surface area contributed by atoms with Crippen molar-refractivity contribution in [2.75, 3.05) is 17.6 Å². The number of anilines is 1. The molecule has 0 bridgehead atoms. The number of carbonyl (C=O) groups is 3. The number of hydrogen-bond donors (Lipinski definition) is 2. The molecule has 0 saturated heterocycles. The number of aromatic hydroxyl groups is 1. The molecule has 2 aromatic rings. The fourth-order valence-electron chi connectivity index (χ4n) is 2.84. The highest BCUT2D eigenvalue weighted by molar-refractivity contribution is 7.91. The van der Waals surface area contributed by atoms with E-state index < -0.39 is 27.6 Å². The summed E-state index contributed by atoms with van der Waals surface area (Å²) in [6.07, 6.45) is -0.199. The van der Waals surface area contributed by atoms with E-state index in [0.29, 0.717) is 11.1 Å². The lowest BCUT2D eigenvalue weighted by Crippen LogP contribution is -2.32. The highest BCUT2D eigenvalue weighted by Crippen LogP contribution is 2.27. The van der Waals surface area contributed by atoms with Crippen LogP contribution in [-0.2, 0) is 14.6 Å². The molecule has 146 valence electrons. The SMILES string of the molecule is CCS(=O)(=O)c1ccc(O)c(NC(=O)CCN2C(=O)c3ccccc3C2=O)c1. The lowest BCUT2D eigenvalue weighted by atomic mass is 10.1. The molecule has 2 aromatic carbocycles. The highest BCUT2D eigenvalue weighted by atomic mass is 32.2. The molecule has 1 aliphatic heterocycles. The summed E-state index contributed by atoms with van der Waals surface area (Å²) in [7, 11) is -3.50. The van der Waals surface area contributed by atoms with Gasteiger partial charge in [0.05, 0.1) is 27.5 Å². The van der Waals surface area contributed by atoms with Crippen molar-refractivity contribution in [3.8, 4) is 5.75 Å². The van der Waals surface area contributed by atoms with Crippen LogP contribution < -0.4 is 5.32 Å². The minimum atomic E-state index is -3.50. The van der Waals surface area contributed by atoms with Crippen molar-refractivity contribution in [2.45, 2.75) is 18.2 Å². The molecule has 1 heterocycles. The van der Waals surface area contributed by atoms with Crippen LogP contribution in [0, 0.1) is 0 Å². The standard InChI is InChI=1S/C19H18N2O6S/c1-2-28(26,27)12-7-8-16(22)15(11-12)20-17(23)9-10-21-18(24)13-5-3-4-6-14(13)19(21)25/h3-8,11,22H,2,9-10H2,1H3,(H,20,23). The number of carbonyl (C=O) groups excluding carboxylic acids is 3. The molecule has 0 spiro atoms. The van der Waals surface area contributed by atoms with Gasteiger partial charge in [0.2, 0.25) is 5.91 Å². The van der Waals surface area contributed by atoms with Crippen molar-refractivity contribution >= 4 is 33.2 Å². The number of benzene rings is 2. The summed E-state index contributed by atoms with van der Waals surface area (Å²) in [5.41, 5.74) is 0.535. The van der Waals surface area contributed by atoms with Gasteiger partial charge in [0.15, 0.2) is 9.84 Å². The molecular formula is C19H18N2O6S. The van der Waals surface area contributed by atoms with E-state index in [2.05, 4.69) is 5.32 Å². The lowest BCUT2D eigenvalue weighted by Gasteiger charge is -2.14. The molecular weight excluding hydrogens is 384 g/mol. The van der Waals surface area contributed by atoms with Crippen LogP contribution in [0.25, 0.3) is 0 Å². The summed E-state index contributed by atoms with van der Waals surface area (Å²) in [6, 6.07) is 10.0. The molecule has 0 radical (unpaired) electrons. The minimum Gasteiger partial charge on any atom is -0.506 e. The van der Waals surface area contributed by atoms with Crippen LogP contribution in [0.15, 0.2) is 47.4 Å². The number of hydrogen-bond acceptors (Lipinski definition) is 6. The second-order valence-corrected chi connectivity index (χ2v) is 8.47. The Kier molecular flexibility index (Phi) is 5.19. The van der Waals surface area contributed by atoms with Crippen LogP contribution >= 0.6 is 0 Å². The number of nitrogens with one attached hydrogen (secondary N) is 1. The third-order valence-corrected chi connectivity index (χ3v) is 6.15. The third kappa shape index (κ3) is 3.61. The molecule has 0 unspecified atom stereocenters. The van der Waals surface area contributed by atoms with E-state index in [0.717, 1.165) is 4.90 Å². The summed E-state index contributed by atoms with van der Waals surface area (Å²) < 4.78 is 23.9. The smallest absolute Gasteiger partial charge is 0.261 e. The fourth-order valence-corrected chi connectivity index (χ4v) is 3.75. The average molecular weight is 402 g/mol. The van der Waals surface area contributed by atoms with Gasteiger partial charge in [-0.1, -0.05) is 19.1 Å². The normalized spacial score (nSPS) is 13.5. The summed E-state index contributed by atoms with van der Waals surface area (Å²) >= 11 is 0. The number of phenols is 1. The predicted molar refractivity (Wildman–Crippen MR) is 101 cm³/mol. The van der Waals surface area contributed by atoms with E-state index in [-0.39, 0.29) is 35.1 Å².